The number of halogens is 2. The minimum absolute atomic E-state index is 0.209. The Balaban J connectivity index is 0.636. The summed E-state index contributed by atoms with van der Waals surface area (Å²) in [5.74, 6) is -0.597. The molecule has 0 unspecified atom stereocenters. The fraction of sp³-hybridized carbons (Fsp3) is 0. The van der Waals surface area contributed by atoms with E-state index in [1.165, 1.54) is 79.1 Å². The molecular weight excluding hydrogens is 1450 g/mol. The van der Waals surface area contributed by atoms with Crippen LogP contribution in [0.4, 0.5) is 20.2 Å². The van der Waals surface area contributed by atoms with Gasteiger partial charge >= 0.3 is 0 Å². The molecule has 1 N–H and O–H groups in total. The molecule has 117 heavy (non-hydrogen) atoms. The Kier molecular flexibility index (Phi) is 17.4. The van der Waals surface area contributed by atoms with Crippen LogP contribution in [0.15, 0.2) is 423 Å². The largest absolute Gasteiger partial charge is 0.309 e. The van der Waals surface area contributed by atoms with Crippen LogP contribution < -0.4 is 4.90 Å². The lowest BCUT2D eigenvalue weighted by Gasteiger charge is -2.31. The summed E-state index contributed by atoms with van der Waals surface area (Å²) in [6, 6.07) is 139. The SMILES string of the molecule is N=C1C(c2ccc(-n3c4ccc(-c5ccc(-c6ccc7c8ccccc8n(-c8ccc(-c9ccccc9)cc8)c7c6)cc5)cc4c4cc(-c5ccc(-c6ccc7c8ccccc8n(-c8ccc(-c9ccccc9)cc8)c7c6)cc5)ccc43)cc2)=CC=C(N(c2ccc(-c3ccc(F)cc3)cc2)c2ccc(-c3ccc(F)cc3)cc2)C1=NS. The maximum Gasteiger partial charge on any atom is 0.123 e. The van der Waals surface area contributed by atoms with Crippen molar-refractivity contribution in [1.29, 1.82) is 5.41 Å². The molecule has 3 aromatic heterocycles. The standard InChI is InChI=1S/C108H70F2N6S/c109-86-45-27-71(28-46-86)75-31-49-88(50-32-75)113(89-51-33-76(34-52-89)72-29-47-87(110)48-30-72)104-64-61-93(107(111)108(104)112-117)81-39-57-90(58-40-81)114-102-62-43-82(77-19-23-79(24-20-77)84-41-59-96-94-15-7-9-17-100(94)115(105(96)67-84)91-53-35-73(36-54-91)69-11-3-1-4-12-69)65-98(102)99-66-83(44-63-103(99)114)78-21-25-80(26-22-78)85-42-60-97-95-16-8-10-18-101(95)116(106(97)68-85)92-55-37-74(38-56-92)70-13-5-2-6-14-70/h1-68,111,117H. The van der Waals surface area contributed by atoms with E-state index >= 15 is 0 Å². The second-order valence-corrected chi connectivity index (χ2v) is 30.1. The van der Waals surface area contributed by atoms with Gasteiger partial charge in [0.05, 0.1) is 44.5 Å². The maximum absolute atomic E-state index is 14.1. The molecule has 0 saturated carbocycles. The first-order valence-electron chi connectivity index (χ1n) is 39.2. The van der Waals surface area contributed by atoms with Gasteiger partial charge in [-0.3, -0.25) is 5.41 Å². The van der Waals surface area contributed by atoms with E-state index in [0.29, 0.717) is 17.0 Å². The Morgan fingerprint density at radius 1 is 0.239 bits per heavy atom. The van der Waals surface area contributed by atoms with Crippen LogP contribution in [0, 0.1) is 17.0 Å². The molecule has 0 fully saturated rings. The highest BCUT2D eigenvalue weighted by Crippen LogP contribution is 2.44. The third kappa shape index (κ3) is 12.6. The van der Waals surface area contributed by atoms with E-state index in [4.69, 9.17) is 0 Å². The molecule has 9 heteroatoms. The summed E-state index contributed by atoms with van der Waals surface area (Å²) in [6.07, 6.45) is 3.99. The zero-order valence-corrected chi connectivity index (χ0v) is 64.1. The third-order valence-corrected chi connectivity index (χ3v) is 23.4. The number of para-hydroxylation sites is 2. The van der Waals surface area contributed by atoms with Crippen LogP contribution in [0.2, 0.25) is 0 Å². The first kappa shape index (κ1) is 69.9. The van der Waals surface area contributed by atoms with Gasteiger partial charge in [-0.25, -0.2) is 13.2 Å². The molecule has 3 heterocycles. The highest BCUT2D eigenvalue weighted by molar-refractivity contribution is 7.79. The average Bonchev–Trinajstić information content (AvgIpc) is 1.61. The van der Waals surface area contributed by atoms with Gasteiger partial charge in [0.1, 0.15) is 17.3 Å². The molecule has 0 aliphatic heterocycles. The van der Waals surface area contributed by atoms with E-state index in [-0.39, 0.29) is 17.3 Å². The normalized spacial score (nSPS) is 12.7. The van der Waals surface area contributed by atoms with Crippen LogP contribution >= 0.6 is 12.8 Å². The molecule has 1 aliphatic carbocycles. The number of hydrogen-bond donors (Lipinski definition) is 2. The number of allylic oxidation sites excluding steroid dienone is 4. The topological polar surface area (TPSA) is 54.2 Å². The monoisotopic (exact) mass is 1520 g/mol. The molecule has 0 spiro atoms. The number of thiol groups is 1. The molecule has 17 aromatic carbocycles. The number of hydrogen-bond acceptors (Lipinski definition) is 4. The van der Waals surface area contributed by atoms with Crippen molar-refractivity contribution in [2.24, 2.45) is 4.40 Å². The Hall–Kier alpha value is -15.0. The smallest absolute Gasteiger partial charge is 0.123 e. The second kappa shape index (κ2) is 29.2. The molecule has 0 amide bonds. The summed E-state index contributed by atoms with van der Waals surface area (Å²) in [4.78, 5) is 2.07. The summed E-state index contributed by atoms with van der Waals surface area (Å²) in [5.41, 5.74) is 31.7. The van der Waals surface area contributed by atoms with Crippen LogP contribution in [0.3, 0.4) is 0 Å². The minimum Gasteiger partial charge on any atom is -0.309 e. The highest BCUT2D eigenvalue weighted by atomic mass is 32.1. The number of nitrogens with one attached hydrogen (secondary N) is 1. The van der Waals surface area contributed by atoms with E-state index < -0.39 is 0 Å². The van der Waals surface area contributed by atoms with Crippen molar-refractivity contribution < 1.29 is 8.78 Å². The zero-order chi connectivity index (χ0) is 78.2. The lowest BCUT2D eigenvalue weighted by atomic mass is 9.91. The second-order valence-electron chi connectivity index (χ2n) is 29.9. The minimum atomic E-state index is -0.299. The van der Waals surface area contributed by atoms with E-state index in [2.05, 4.69) is 339 Å². The molecule has 0 radical (unpaired) electrons. The molecule has 1 aliphatic rings. The zero-order valence-electron chi connectivity index (χ0n) is 63.2. The van der Waals surface area contributed by atoms with Crippen molar-refractivity contribution in [3.8, 4) is 106 Å². The molecule has 21 rings (SSSR count). The Morgan fingerprint density at radius 3 is 0.897 bits per heavy atom. The Labute approximate surface area is 680 Å². The Morgan fingerprint density at radius 2 is 0.513 bits per heavy atom. The fourth-order valence-corrected chi connectivity index (χ4v) is 17.5. The molecule has 0 atom stereocenters. The molecule has 552 valence electrons. The molecule has 0 saturated heterocycles. The number of fused-ring (bicyclic) bond motifs is 9. The van der Waals surface area contributed by atoms with Crippen LogP contribution in [-0.2, 0) is 0 Å². The fourth-order valence-electron chi connectivity index (χ4n) is 17.3. The summed E-state index contributed by atoms with van der Waals surface area (Å²) in [5, 5.41) is 17.1. The number of anilines is 2. The first-order chi connectivity index (χ1) is 57.7. The predicted octanol–water partition coefficient (Wildman–Crippen LogP) is 29.0. The lowest BCUT2D eigenvalue weighted by molar-refractivity contribution is 0.627. The van der Waals surface area contributed by atoms with Gasteiger partial charge in [0, 0.05) is 66.3 Å². The molecular formula is C108H70F2N6S. The van der Waals surface area contributed by atoms with Crippen molar-refractivity contribution in [2.75, 3.05) is 4.90 Å². The number of nitrogens with zero attached hydrogens (tertiary/aromatic N) is 5. The van der Waals surface area contributed by atoms with Crippen LogP contribution in [0.5, 0.6) is 0 Å². The summed E-state index contributed by atoms with van der Waals surface area (Å²) < 4.78 is 39.8. The van der Waals surface area contributed by atoms with E-state index in [1.54, 1.807) is 24.3 Å². The van der Waals surface area contributed by atoms with Crippen LogP contribution in [-0.4, -0.2) is 25.1 Å². The highest BCUT2D eigenvalue weighted by Gasteiger charge is 2.29. The lowest BCUT2D eigenvalue weighted by Crippen LogP contribution is -2.30. The van der Waals surface area contributed by atoms with Gasteiger partial charge in [-0.15, -0.1) is 0 Å². The molecule has 0 bridgehead atoms. The van der Waals surface area contributed by atoms with Crippen molar-refractivity contribution >= 4 is 107 Å². The number of benzene rings is 17. The number of rotatable bonds is 15. The van der Waals surface area contributed by atoms with E-state index in [0.717, 1.165) is 134 Å². The van der Waals surface area contributed by atoms with Gasteiger partial charge in [-0.2, -0.15) is 0 Å². The van der Waals surface area contributed by atoms with Crippen molar-refractivity contribution in [3.63, 3.8) is 0 Å². The summed E-state index contributed by atoms with van der Waals surface area (Å²) in [6.45, 7) is 0. The third-order valence-electron chi connectivity index (χ3n) is 23.2. The molecule has 6 nitrogen and oxygen atoms in total. The van der Waals surface area contributed by atoms with Crippen molar-refractivity contribution in [1.82, 2.24) is 13.7 Å². The Bertz CT molecular complexity index is 6980. The summed E-state index contributed by atoms with van der Waals surface area (Å²) >= 11 is 4.59. The quantitative estimate of drug-likeness (QED) is 0.0780. The molecule has 20 aromatic rings. The predicted molar refractivity (Wildman–Crippen MR) is 488 cm³/mol. The first-order valence-corrected chi connectivity index (χ1v) is 39.6. The van der Waals surface area contributed by atoms with E-state index in [1.807, 2.05) is 60.7 Å². The van der Waals surface area contributed by atoms with Crippen molar-refractivity contribution in [3.05, 3.63) is 435 Å². The van der Waals surface area contributed by atoms with E-state index in [9.17, 15) is 14.2 Å². The van der Waals surface area contributed by atoms with Crippen molar-refractivity contribution in [2.45, 2.75) is 0 Å². The van der Waals surface area contributed by atoms with Gasteiger partial charge < -0.3 is 18.6 Å². The summed E-state index contributed by atoms with van der Waals surface area (Å²) in [7, 11) is 0. The van der Waals surface area contributed by atoms with Gasteiger partial charge in [-0.1, -0.05) is 267 Å². The maximum atomic E-state index is 14.1. The van der Waals surface area contributed by atoms with Crippen LogP contribution in [0.25, 0.3) is 177 Å². The van der Waals surface area contributed by atoms with Gasteiger partial charge in [0.2, 0.25) is 0 Å². The van der Waals surface area contributed by atoms with Crippen LogP contribution in [0.1, 0.15) is 5.56 Å². The average molecular weight is 1520 g/mol. The number of aromatic nitrogens is 3. The van der Waals surface area contributed by atoms with Gasteiger partial charge in [0.25, 0.3) is 0 Å². The van der Waals surface area contributed by atoms with Gasteiger partial charge in [-0.05, 0) is 253 Å². The van der Waals surface area contributed by atoms with Gasteiger partial charge in [0.15, 0.2) is 0 Å².